The van der Waals surface area contributed by atoms with Crippen LogP contribution in [0.5, 0.6) is 0 Å². The Morgan fingerprint density at radius 1 is 1.15 bits per heavy atom. The van der Waals surface area contributed by atoms with E-state index in [1.165, 1.54) is 23.1 Å². The smallest absolute Gasteiger partial charge is 0.283 e. The van der Waals surface area contributed by atoms with Crippen LogP contribution in [-0.2, 0) is 6.54 Å². The number of carbonyl (C=O) groups is 1. The van der Waals surface area contributed by atoms with Gasteiger partial charge < -0.3 is 9.80 Å². The van der Waals surface area contributed by atoms with Gasteiger partial charge in [0.1, 0.15) is 17.2 Å². The molecule has 2 rings (SSSR count). The Morgan fingerprint density at radius 2 is 1.85 bits per heavy atom. The Morgan fingerprint density at radius 3 is 2.44 bits per heavy atom. The van der Waals surface area contributed by atoms with Crippen molar-refractivity contribution in [2.24, 2.45) is 0 Å². The molecule has 0 saturated carbocycles. The van der Waals surface area contributed by atoms with E-state index in [4.69, 9.17) is 11.6 Å². The molecule has 6 nitrogen and oxygen atoms in total. The van der Waals surface area contributed by atoms with E-state index in [1.807, 2.05) is 4.90 Å². The molecule has 0 bridgehead atoms. The molecule has 0 aliphatic heterocycles. The highest BCUT2D eigenvalue weighted by atomic mass is 35.5. The molecule has 0 N–H and O–H groups in total. The van der Waals surface area contributed by atoms with Crippen LogP contribution in [0.25, 0.3) is 0 Å². The summed E-state index contributed by atoms with van der Waals surface area (Å²) in [5, 5.41) is 11.4. The largest absolute Gasteiger partial charge is 0.333 e. The summed E-state index contributed by atoms with van der Waals surface area (Å²) < 4.78 is 27.1. The van der Waals surface area contributed by atoms with Gasteiger partial charge in [0.25, 0.3) is 11.6 Å². The van der Waals surface area contributed by atoms with Gasteiger partial charge in [0.2, 0.25) is 0 Å². The van der Waals surface area contributed by atoms with Gasteiger partial charge in [-0.2, -0.15) is 0 Å². The third-order valence-electron chi connectivity index (χ3n) is 3.87. The lowest BCUT2D eigenvalue weighted by molar-refractivity contribution is -0.385. The van der Waals surface area contributed by atoms with Crippen LogP contribution in [0.15, 0.2) is 36.4 Å². The van der Waals surface area contributed by atoms with Gasteiger partial charge in [0.15, 0.2) is 0 Å². The zero-order chi connectivity index (χ0) is 20.1. The summed E-state index contributed by atoms with van der Waals surface area (Å²) in [6.45, 7) is 0.497. The third kappa shape index (κ3) is 5.45. The molecule has 0 heterocycles. The van der Waals surface area contributed by atoms with Gasteiger partial charge in [-0.25, -0.2) is 8.78 Å². The number of benzene rings is 2. The van der Waals surface area contributed by atoms with Gasteiger partial charge in [-0.1, -0.05) is 17.7 Å². The monoisotopic (exact) mass is 397 g/mol. The zero-order valence-corrected chi connectivity index (χ0v) is 15.5. The number of nitro groups is 1. The Balaban J connectivity index is 2.38. The van der Waals surface area contributed by atoms with E-state index in [9.17, 15) is 23.7 Å². The normalized spacial score (nSPS) is 10.9. The van der Waals surface area contributed by atoms with Crippen molar-refractivity contribution in [2.75, 3.05) is 27.2 Å². The zero-order valence-electron chi connectivity index (χ0n) is 14.8. The van der Waals surface area contributed by atoms with Gasteiger partial charge in [-0.3, -0.25) is 14.9 Å². The summed E-state index contributed by atoms with van der Waals surface area (Å²) in [7, 11) is 3.59. The number of hydrogen-bond acceptors (Lipinski definition) is 4. The fraction of sp³-hybridized carbons (Fsp3) is 0.278. The lowest BCUT2D eigenvalue weighted by atomic mass is 10.1. The molecule has 27 heavy (non-hydrogen) atoms. The summed E-state index contributed by atoms with van der Waals surface area (Å²) in [5.41, 5.74) is -0.465. The minimum Gasteiger partial charge on any atom is -0.333 e. The van der Waals surface area contributed by atoms with Crippen molar-refractivity contribution >= 4 is 23.2 Å². The van der Waals surface area contributed by atoms with E-state index in [1.54, 1.807) is 14.1 Å². The van der Waals surface area contributed by atoms with Crippen LogP contribution in [0, 0.1) is 21.7 Å². The topological polar surface area (TPSA) is 66.7 Å². The molecule has 9 heteroatoms. The number of nitrogens with zero attached hydrogens (tertiary/aromatic N) is 3. The number of halogens is 3. The average Bonchev–Trinajstić information content (AvgIpc) is 2.59. The first-order chi connectivity index (χ1) is 12.7. The lowest BCUT2D eigenvalue weighted by Crippen LogP contribution is -2.36. The first kappa shape index (κ1) is 20.7. The maximum Gasteiger partial charge on any atom is 0.283 e. The van der Waals surface area contributed by atoms with Gasteiger partial charge in [0.05, 0.1) is 4.92 Å². The summed E-state index contributed by atoms with van der Waals surface area (Å²) in [4.78, 5) is 26.6. The molecular formula is C18H18ClF2N3O3. The van der Waals surface area contributed by atoms with Crippen LogP contribution in [0.4, 0.5) is 14.5 Å². The van der Waals surface area contributed by atoms with E-state index in [0.29, 0.717) is 6.54 Å². The SMILES string of the molecule is CN(C)CCN(Cc1ccc(F)cc1F)C(=O)c1ccc(Cl)cc1[N+](=O)[O-]. The molecule has 0 unspecified atom stereocenters. The molecule has 0 aliphatic rings. The fourth-order valence-electron chi connectivity index (χ4n) is 2.44. The molecule has 0 radical (unpaired) electrons. The summed E-state index contributed by atoms with van der Waals surface area (Å²) in [6, 6.07) is 6.82. The Bertz CT molecular complexity index is 862. The number of amides is 1. The molecule has 2 aromatic rings. The van der Waals surface area contributed by atoms with Gasteiger partial charge in [-0.15, -0.1) is 0 Å². The van der Waals surface area contributed by atoms with E-state index in [-0.39, 0.29) is 29.2 Å². The van der Waals surface area contributed by atoms with E-state index >= 15 is 0 Å². The van der Waals surface area contributed by atoms with Crippen molar-refractivity contribution in [3.8, 4) is 0 Å². The van der Waals surface area contributed by atoms with Crippen LogP contribution >= 0.6 is 11.6 Å². The number of carbonyl (C=O) groups excluding carboxylic acids is 1. The van der Waals surface area contributed by atoms with Crippen molar-refractivity contribution < 1.29 is 18.5 Å². The lowest BCUT2D eigenvalue weighted by Gasteiger charge is -2.25. The Kier molecular flexibility index (Phi) is 6.81. The summed E-state index contributed by atoms with van der Waals surface area (Å²) in [6.07, 6.45) is 0. The second-order valence-electron chi connectivity index (χ2n) is 6.18. The van der Waals surface area contributed by atoms with Crippen LogP contribution in [0.1, 0.15) is 15.9 Å². The maximum atomic E-state index is 14.0. The number of nitro benzene ring substituents is 1. The quantitative estimate of drug-likeness (QED) is 0.527. The van der Waals surface area contributed by atoms with Crippen LogP contribution in [0.2, 0.25) is 5.02 Å². The fourth-order valence-corrected chi connectivity index (χ4v) is 2.60. The number of likely N-dealkylation sites (N-methyl/N-ethyl adjacent to an activating group) is 1. The molecule has 0 fully saturated rings. The highest BCUT2D eigenvalue weighted by Gasteiger charge is 2.26. The average molecular weight is 398 g/mol. The van der Waals surface area contributed by atoms with E-state index in [2.05, 4.69) is 0 Å². The third-order valence-corrected chi connectivity index (χ3v) is 4.10. The highest BCUT2D eigenvalue weighted by molar-refractivity contribution is 6.31. The molecule has 2 aromatic carbocycles. The van der Waals surface area contributed by atoms with Crippen LogP contribution in [0.3, 0.4) is 0 Å². The second kappa shape index (κ2) is 8.88. The molecule has 0 atom stereocenters. The predicted octanol–water partition coefficient (Wildman–Crippen LogP) is 3.73. The van der Waals surface area contributed by atoms with Crippen molar-refractivity contribution in [3.05, 3.63) is 74.3 Å². The molecule has 144 valence electrons. The molecule has 0 saturated heterocycles. The molecule has 1 amide bonds. The molecule has 0 aromatic heterocycles. The second-order valence-corrected chi connectivity index (χ2v) is 6.62. The Labute approximate surface area is 160 Å². The van der Waals surface area contributed by atoms with E-state index < -0.39 is 28.2 Å². The van der Waals surface area contributed by atoms with Crippen LogP contribution in [-0.4, -0.2) is 47.8 Å². The predicted molar refractivity (Wildman–Crippen MR) is 97.8 cm³/mol. The number of rotatable bonds is 7. The standard InChI is InChI=1S/C18H18ClF2N3O3/c1-22(2)7-8-23(11-12-3-5-14(20)10-16(12)21)18(25)15-6-4-13(19)9-17(15)24(26)27/h3-6,9-10H,7-8,11H2,1-2H3. The summed E-state index contributed by atoms with van der Waals surface area (Å²) in [5.74, 6) is -2.15. The Hall–Kier alpha value is -2.58. The van der Waals surface area contributed by atoms with Gasteiger partial charge in [0, 0.05) is 42.4 Å². The minimum atomic E-state index is -0.789. The number of hydrogen-bond donors (Lipinski definition) is 0. The maximum absolute atomic E-state index is 14.0. The van der Waals surface area contributed by atoms with Crippen molar-refractivity contribution in [3.63, 3.8) is 0 Å². The van der Waals surface area contributed by atoms with Crippen molar-refractivity contribution in [1.82, 2.24) is 9.80 Å². The highest BCUT2D eigenvalue weighted by Crippen LogP contribution is 2.25. The summed E-state index contributed by atoms with van der Waals surface area (Å²) >= 11 is 5.79. The first-order valence-electron chi connectivity index (χ1n) is 8.01. The molecule has 0 spiro atoms. The minimum absolute atomic E-state index is 0.111. The first-order valence-corrected chi connectivity index (χ1v) is 8.38. The van der Waals surface area contributed by atoms with E-state index in [0.717, 1.165) is 18.2 Å². The van der Waals surface area contributed by atoms with Crippen molar-refractivity contribution in [1.29, 1.82) is 0 Å². The molecule has 0 aliphatic carbocycles. The van der Waals surface area contributed by atoms with Crippen LogP contribution < -0.4 is 0 Å². The van der Waals surface area contributed by atoms with Gasteiger partial charge >= 0.3 is 0 Å². The molecular weight excluding hydrogens is 380 g/mol. The van der Waals surface area contributed by atoms with Gasteiger partial charge in [-0.05, 0) is 32.3 Å². The van der Waals surface area contributed by atoms with Crippen molar-refractivity contribution in [2.45, 2.75) is 6.54 Å².